The van der Waals surface area contributed by atoms with Gasteiger partial charge in [-0.15, -0.1) is 0 Å². The number of aliphatic hydroxyl groups excluding tert-OH is 1. The van der Waals surface area contributed by atoms with E-state index in [4.69, 9.17) is 5.11 Å². The van der Waals surface area contributed by atoms with Crippen LogP contribution in [0.1, 0.15) is 39.5 Å². The van der Waals surface area contributed by atoms with Crippen LogP contribution >= 0.6 is 0 Å². The van der Waals surface area contributed by atoms with Crippen LogP contribution in [0.15, 0.2) is 0 Å². The van der Waals surface area contributed by atoms with E-state index < -0.39 is 24.9 Å². The fraction of sp³-hybridized carbons (Fsp3) is 0.929. The molecular formula is C14H25F3N2O2. The summed E-state index contributed by atoms with van der Waals surface area (Å²) in [6.45, 7) is 3.67. The highest BCUT2D eigenvalue weighted by Gasteiger charge is 2.40. The molecule has 1 aliphatic rings. The third-order valence-electron chi connectivity index (χ3n) is 4.24. The molecule has 1 amide bonds. The number of alkyl halides is 3. The van der Waals surface area contributed by atoms with Gasteiger partial charge in [0.1, 0.15) is 0 Å². The molecule has 0 aromatic heterocycles. The number of carbonyl (C=O) groups is 1. The van der Waals surface area contributed by atoms with Crippen molar-refractivity contribution >= 4 is 5.91 Å². The molecule has 1 heterocycles. The van der Waals surface area contributed by atoms with Crippen LogP contribution in [0.4, 0.5) is 13.2 Å². The van der Waals surface area contributed by atoms with E-state index in [9.17, 15) is 18.0 Å². The molecule has 0 saturated carbocycles. The van der Waals surface area contributed by atoms with Crippen molar-refractivity contribution in [3.05, 3.63) is 0 Å². The first-order valence-electron chi connectivity index (χ1n) is 7.44. The molecule has 1 N–H and O–H groups in total. The van der Waals surface area contributed by atoms with Crippen LogP contribution in [0, 0.1) is 0 Å². The van der Waals surface area contributed by atoms with E-state index in [2.05, 4.69) is 0 Å². The molecule has 0 aliphatic carbocycles. The van der Waals surface area contributed by atoms with Gasteiger partial charge in [-0.2, -0.15) is 13.2 Å². The van der Waals surface area contributed by atoms with Gasteiger partial charge in [-0.3, -0.25) is 9.69 Å². The molecule has 0 bridgehead atoms. The smallest absolute Gasteiger partial charge is 0.382 e. The van der Waals surface area contributed by atoms with Crippen LogP contribution < -0.4 is 0 Å². The lowest BCUT2D eigenvalue weighted by Crippen LogP contribution is -2.53. The molecule has 21 heavy (non-hydrogen) atoms. The topological polar surface area (TPSA) is 43.8 Å². The quantitative estimate of drug-likeness (QED) is 0.845. The Morgan fingerprint density at radius 3 is 2.57 bits per heavy atom. The summed E-state index contributed by atoms with van der Waals surface area (Å²) in [6, 6.07) is -0.496. The highest BCUT2D eigenvalue weighted by atomic mass is 19.4. The molecule has 7 heteroatoms. The summed E-state index contributed by atoms with van der Waals surface area (Å²) in [5.74, 6) is -0.154. The van der Waals surface area contributed by atoms with E-state index in [0.29, 0.717) is 6.54 Å². The van der Waals surface area contributed by atoms with Crippen LogP contribution in [0.5, 0.6) is 0 Å². The van der Waals surface area contributed by atoms with Crippen LogP contribution in [-0.4, -0.2) is 65.3 Å². The van der Waals surface area contributed by atoms with Gasteiger partial charge in [0.2, 0.25) is 5.91 Å². The summed E-state index contributed by atoms with van der Waals surface area (Å²) in [7, 11) is 1.43. The Bertz CT molecular complexity index is 350. The van der Waals surface area contributed by atoms with Gasteiger partial charge in [0.15, 0.2) is 6.10 Å². The number of piperidine rings is 1. The summed E-state index contributed by atoms with van der Waals surface area (Å²) in [6.07, 6.45) is -3.27. The standard InChI is InChI=1S/C14H25F3N2O2/c1-4-11-7-5-6-8-19(11)13(21)10(2)18(3)9-12(20)14(15,16)17/h10-12,20H,4-9H2,1-3H3. The summed E-state index contributed by atoms with van der Waals surface area (Å²) in [5, 5.41) is 9.10. The number of likely N-dealkylation sites (N-methyl/N-ethyl adjacent to an activating group) is 1. The lowest BCUT2D eigenvalue weighted by molar-refractivity contribution is -0.208. The predicted molar refractivity (Wildman–Crippen MR) is 73.8 cm³/mol. The Balaban J connectivity index is 2.64. The monoisotopic (exact) mass is 310 g/mol. The Morgan fingerprint density at radius 2 is 2.05 bits per heavy atom. The third-order valence-corrected chi connectivity index (χ3v) is 4.24. The maximum Gasteiger partial charge on any atom is 0.415 e. The average Bonchev–Trinajstić information content (AvgIpc) is 2.44. The zero-order chi connectivity index (χ0) is 16.2. The average molecular weight is 310 g/mol. The van der Waals surface area contributed by atoms with Crippen molar-refractivity contribution in [2.45, 2.75) is 63.9 Å². The number of amides is 1. The number of hydrogen-bond donors (Lipinski definition) is 1. The minimum absolute atomic E-state index is 0.154. The molecule has 3 atom stereocenters. The number of hydrogen-bond acceptors (Lipinski definition) is 3. The molecule has 4 nitrogen and oxygen atoms in total. The van der Waals surface area contributed by atoms with E-state index in [1.807, 2.05) is 6.92 Å². The second-order valence-electron chi connectivity index (χ2n) is 5.76. The molecule has 0 radical (unpaired) electrons. The first-order chi connectivity index (χ1) is 9.68. The first-order valence-corrected chi connectivity index (χ1v) is 7.44. The predicted octanol–water partition coefficient (Wildman–Crippen LogP) is 2.02. The minimum Gasteiger partial charge on any atom is -0.382 e. The van der Waals surface area contributed by atoms with Crippen LogP contribution in [0.25, 0.3) is 0 Å². The molecule has 1 aliphatic heterocycles. The zero-order valence-electron chi connectivity index (χ0n) is 12.9. The second-order valence-corrected chi connectivity index (χ2v) is 5.76. The number of nitrogens with zero attached hydrogens (tertiary/aromatic N) is 2. The van der Waals surface area contributed by atoms with Crippen molar-refractivity contribution in [2.24, 2.45) is 0 Å². The van der Waals surface area contributed by atoms with Crippen molar-refractivity contribution in [2.75, 3.05) is 20.1 Å². The molecule has 124 valence electrons. The van der Waals surface area contributed by atoms with Gasteiger partial charge >= 0.3 is 6.18 Å². The molecular weight excluding hydrogens is 285 g/mol. The van der Waals surface area contributed by atoms with E-state index in [1.165, 1.54) is 11.9 Å². The maximum atomic E-state index is 12.5. The fourth-order valence-electron chi connectivity index (χ4n) is 2.68. The van der Waals surface area contributed by atoms with E-state index in [1.54, 1.807) is 11.8 Å². The summed E-state index contributed by atoms with van der Waals surface area (Å²) >= 11 is 0. The lowest BCUT2D eigenvalue weighted by atomic mass is 9.99. The first kappa shape index (κ1) is 18.2. The normalized spacial score (nSPS) is 23.2. The molecule has 1 rings (SSSR count). The van der Waals surface area contributed by atoms with E-state index >= 15 is 0 Å². The number of carbonyl (C=O) groups excluding carboxylic acids is 1. The fourth-order valence-corrected chi connectivity index (χ4v) is 2.68. The van der Waals surface area contributed by atoms with E-state index in [-0.39, 0.29) is 11.9 Å². The third kappa shape index (κ3) is 4.85. The number of rotatable bonds is 5. The van der Waals surface area contributed by atoms with Crippen molar-refractivity contribution in [3.8, 4) is 0 Å². The second kappa shape index (κ2) is 7.45. The molecule has 0 aromatic carbocycles. The lowest BCUT2D eigenvalue weighted by Gasteiger charge is -2.39. The summed E-state index contributed by atoms with van der Waals surface area (Å²) < 4.78 is 37.1. The Hall–Kier alpha value is -0.820. The van der Waals surface area contributed by atoms with Crippen molar-refractivity contribution in [1.29, 1.82) is 0 Å². The van der Waals surface area contributed by atoms with Crippen LogP contribution in [0.2, 0.25) is 0 Å². The highest BCUT2D eigenvalue weighted by molar-refractivity contribution is 5.81. The van der Waals surface area contributed by atoms with Gasteiger partial charge < -0.3 is 10.0 Å². The van der Waals surface area contributed by atoms with Crippen LogP contribution in [0.3, 0.4) is 0 Å². The molecule has 0 aromatic rings. The Morgan fingerprint density at radius 1 is 1.43 bits per heavy atom. The van der Waals surface area contributed by atoms with Gasteiger partial charge in [0, 0.05) is 19.1 Å². The van der Waals surface area contributed by atoms with E-state index in [0.717, 1.165) is 25.7 Å². The largest absolute Gasteiger partial charge is 0.415 e. The summed E-state index contributed by atoms with van der Waals surface area (Å²) in [5.41, 5.74) is 0. The van der Waals surface area contributed by atoms with Crippen molar-refractivity contribution in [1.82, 2.24) is 9.80 Å². The molecule has 1 saturated heterocycles. The van der Waals surface area contributed by atoms with Gasteiger partial charge in [0.25, 0.3) is 0 Å². The molecule has 3 unspecified atom stereocenters. The van der Waals surface area contributed by atoms with Gasteiger partial charge in [-0.25, -0.2) is 0 Å². The number of likely N-dealkylation sites (tertiary alicyclic amines) is 1. The van der Waals surface area contributed by atoms with Crippen molar-refractivity contribution in [3.63, 3.8) is 0 Å². The van der Waals surface area contributed by atoms with Gasteiger partial charge in [0.05, 0.1) is 6.04 Å². The minimum atomic E-state index is -4.66. The summed E-state index contributed by atoms with van der Waals surface area (Å²) in [4.78, 5) is 15.5. The van der Waals surface area contributed by atoms with Crippen LogP contribution in [-0.2, 0) is 4.79 Å². The molecule has 0 spiro atoms. The molecule has 1 fully saturated rings. The maximum absolute atomic E-state index is 12.5. The van der Waals surface area contributed by atoms with Gasteiger partial charge in [-0.05, 0) is 39.7 Å². The van der Waals surface area contributed by atoms with Crippen molar-refractivity contribution < 1.29 is 23.1 Å². The van der Waals surface area contributed by atoms with Gasteiger partial charge in [-0.1, -0.05) is 6.92 Å². The SMILES string of the molecule is CCC1CCCCN1C(=O)C(C)N(C)CC(O)C(F)(F)F. The highest BCUT2D eigenvalue weighted by Crippen LogP contribution is 2.23. The Labute approximate surface area is 123 Å². The number of halogens is 3. The number of aliphatic hydroxyl groups is 1. The zero-order valence-corrected chi connectivity index (χ0v) is 12.9. The Kier molecular flexibility index (Phi) is 6.46.